The van der Waals surface area contributed by atoms with Crippen molar-refractivity contribution in [2.45, 2.75) is 19.6 Å². The second kappa shape index (κ2) is 9.42. The highest BCUT2D eigenvalue weighted by atomic mass is 19.1. The van der Waals surface area contributed by atoms with E-state index >= 15 is 0 Å². The van der Waals surface area contributed by atoms with Gasteiger partial charge in [0.2, 0.25) is 0 Å². The van der Waals surface area contributed by atoms with Gasteiger partial charge in [-0.25, -0.2) is 8.78 Å². The Hall–Kier alpha value is -3.29. The van der Waals surface area contributed by atoms with Crippen molar-refractivity contribution in [3.63, 3.8) is 0 Å². The highest BCUT2D eigenvalue weighted by molar-refractivity contribution is 5.96. The topological polar surface area (TPSA) is 84.5 Å². The number of benzene rings is 2. The van der Waals surface area contributed by atoms with Crippen LogP contribution in [0.2, 0.25) is 0 Å². The molecule has 2 aromatic carbocycles. The van der Waals surface area contributed by atoms with Gasteiger partial charge < -0.3 is 15.4 Å². The molecule has 8 heteroatoms. The molecule has 0 aliphatic carbocycles. The van der Waals surface area contributed by atoms with Crippen LogP contribution in [0.15, 0.2) is 48.5 Å². The van der Waals surface area contributed by atoms with Crippen LogP contribution in [0.1, 0.15) is 22.8 Å². The molecule has 0 fully saturated rings. The van der Waals surface area contributed by atoms with Crippen LogP contribution in [0.4, 0.5) is 8.78 Å². The minimum absolute atomic E-state index is 0.144. The molecule has 0 radical (unpaired) electrons. The zero-order valence-electron chi connectivity index (χ0n) is 14.5. The van der Waals surface area contributed by atoms with E-state index in [0.29, 0.717) is 5.56 Å². The highest BCUT2D eigenvalue weighted by Crippen LogP contribution is 2.06. The zero-order chi connectivity index (χ0) is 19.8. The van der Waals surface area contributed by atoms with Gasteiger partial charge in [-0.05, 0) is 36.8 Å². The van der Waals surface area contributed by atoms with E-state index in [1.54, 1.807) is 0 Å². The molecule has 0 aliphatic heterocycles. The van der Waals surface area contributed by atoms with Gasteiger partial charge in [-0.2, -0.15) is 0 Å². The molecular formula is C19H18F2N2O4. The van der Waals surface area contributed by atoms with Gasteiger partial charge in [-0.3, -0.25) is 14.4 Å². The van der Waals surface area contributed by atoms with Gasteiger partial charge >= 0.3 is 5.97 Å². The molecule has 2 rings (SSSR count). The van der Waals surface area contributed by atoms with Crippen LogP contribution < -0.4 is 10.6 Å². The average molecular weight is 376 g/mol. The third-order valence-electron chi connectivity index (χ3n) is 3.57. The highest BCUT2D eigenvalue weighted by Gasteiger charge is 2.18. The van der Waals surface area contributed by atoms with Crippen molar-refractivity contribution >= 4 is 17.8 Å². The minimum atomic E-state index is -1.09. The molecule has 2 amide bonds. The minimum Gasteiger partial charge on any atom is -0.451 e. The van der Waals surface area contributed by atoms with Crippen LogP contribution >= 0.6 is 0 Å². The van der Waals surface area contributed by atoms with Crippen LogP contribution in [-0.4, -0.2) is 30.4 Å². The molecule has 0 spiro atoms. The molecule has 0 aromatic heterocycles. The van der Waals surface area contributed by atoms with Gasteiger partial charge in [-0.15, -0.1) is 0 Å². The maximum Gasteiger partial charge on any atom is 0.326 e. The van der Waals surface area contributed by atoms with Gasteiger partial charge in [0.25, 0.3) is 11.8 Å². The van der Waals surface area contributed by atoms with E-state index in [0.717, 1.165) is 6.07 Å². The first-order valence-electron chi connectivity index (χ1n) is 8.11. The van der Waals surface area contributed by atoms with Crippen molar-refractivity contribution < 1.29 is 27.9 Å². The lowest BCUT2D eigenvalue weighted by Crippen LogP contribution is -2.38. The summed E-state index contributed by atoms with van der Waals surface area (Å²) in [5, 5.41) is 4.77. The van der Waals surface area contributed by atoms with Crippen molar-refractivity contribution in [2.75, 3.05) is 6.54 Å². The molecule has 27 heavy (non-hydrogen) atoms. The van der Waals surface area contributed by atoms with Crippen LogP contribution in [-0.2, 0) is 20.9 Å². The quantitative estimate of drug-likeness (QED) is 0.724. The Morgan fingerprint density at radius 1 is 1.00 bits per heavy atom. The number of carbonyl (C=O) groups is 3. The molecule has 1 unspecified atom stereocenters. The van der Waals surface area contributed by atoms with E-state index < -0.39 is 36.2 Å². The van der Waals surface area contributed by atoms with Gasteiger partial charge in [0, 0.05) is 6.54 Å². The molecule has 0 aliphatic rings. The standard InChI is InChI=1S/C19H18F2N2O4/c1-12(18(25)22-10-13-6-8-14(20)9-7-13)27-17(24)11-23-19(26)15-4-2-3-5-16(15)21/h2-9,12H,10-11H2,1H3,(H,22,25)(H,23,26). The smallest absolute Gasteiger partial charge is 0.326 e. The van der Waals surface area contributed by atoms with Gasteiger partial charge in [0.15, 0.2) is 6.10 Å². The van der Waals surface area contributed by atoms with E-state index in [9.17, 15) is 23.2 Å². The summed E-state index contributed by atoms with van der Waals surface area (Å²) in [5.41, 5.74) is 0.482. The van der Waals surface area contributed by atoms with Crippen molar-refractivity contribution in [2.24, 2.45) is 0 Å². The summed E-state index contributed by atoms with van der Waals surface area (Å²) in [4.78, 5) is 35.5. The molecular weight excluding hydrogens is 358 g/mol. The van der Waals surface area contributed by atoms with Crippen molar-refractivity contribution in [1.29, 1.82) is 0 Å². The third kappa shape index (κ3) is 6.18. The van der Waals surface area contributed by atoms with Crippen LogP contribution in [0.5, 0.6) is 0 Å². The van der Waals surface area contributed by atoms with Gasteiger partial charge in [0.1, 0.15) is 18.2 Å². The normalized spacial score (nSPS) is 11.4. The van der Waals surface area contributed by atoms with E-state index in [1.165, 1.54) is 49.4 Å². The second-order valence-corrected chi connectivity index (χ2v) is 5.64. The summed E-state index contributed by atoms with van der Waals surface area (Å²) >= 11 is 0. The Morgan fingerprint density at radius 2 is 1.67 bits per heavy atom. The summed E-state index contributed by atoms with van der Waals surface area (Å²) in [5.74, 6) is -3.25. The summed E-state index contributed by atoms with van der Waals surface area (Å²) in [6.45, 7) is 1.00. The lowest BCUT2D eigenvalue weighted by molar-refractivity contribution is -0.153. The molecule has 6 nitrogen and oxygen atoms in total. The molecule has 1 atom stereocenters. The van der Waals surface area contributed by atoms with Gasteiger partial charge in [0.05, 0.1) is 5.56 Å². The fourth-order valence-electron chi connectivity index (χ4n) is 2.12. The molecule has 0 saturated carbocycles. The Balaban J connectivity index is 1.75. The number of carbonyl (C=O) groups excluding carboxylic acids is 3. The first-order chi connectivity index (χ1) is 12.9. The number of amides is 2. The van der Waals surface area contributed by atoms with E-state index in [1.807, 2.05) is 0 Å². The summed E-state index contributed by atoms with van der Waals surface area (Å²) in [6.07, 6.45) is -1.09. The number of hydrogen-bond donors (Lipinski definition) is 2. The monoisotopic (exact) mass is 376 g/mol. The maximum atomic E-state index is 13.5. The fraction of sp³-hybridized carbons (Fsp3) is 0.211. The molecule has 142 valence electrons. The van der Waals surface area contributed by atoms with Crippen molar-refractivity contribution in [3.8, 4) is 0 Å². The van der Waals surface area contributed by atoms with E-state index in [2.05, 4.69) is 10.6 Å². The van der Waals surface area contributed by atoms with Crippen molar-refractivity contribution in [3.05, 3.63) is 71.3 Å². The Morgan fingerprint density at radius 3 is 2.33 bits per heavy atom. The summed E-state index contributed by atoms with van der Waals surface area (Å²) in [6, 6.07) is 10.9. The maximum absolute atomic E-state index is 13.5. The summed E-state index contributed by atoms with van der Waals surface area (Å²) in [7, 11) is 0. The first kappa shape index (κ1) is 20.0. The van der Waals surface area contributed by atoms with Crippen molar-refractivity contribution in [1.82, 2.24) is 10.6 Å². The Bertz CT molecular complexity index is 825. The Kier molecular flexibility index (Phi) is 6.99. The average Bonchev–Trinajstić information content (AvgIpc) is 2.65. The van der Waals surface area contributed by atoms with Crippen LogP contribution in [0.3, 0.4) is 0 Å². The lowest BCUT2D eigenvalue weighted by atomic mass is 10.2. The number of esters is 1. The molecule has 0 saturated heterocycles. The lowest BCUT2D eigenvalue weighted by Gasteiger charge is -2.14. The predicted molar refractivity (Wildman–Crippen MR) is 92.5 cm³/mol. The second-order valence-electron chi connectivity index (χ2n) is 5.64. The number of ether oxygens (including phenoxy) is 1. The fourth-order valence-corrected chi connectivity index (χ4v) is 2.12. The van der Waals surface area contributed by atoms with Crippen LogP contribution in [0.25, 0.3) is 0 Å². The molecule has 2 N–H and O–H groups in total. The number of nitrogens with one attached hydrogen (secondary N) is 2. The molecule has 0 heterocycles. The van der Waals surface area contributed by atoms with Gasteiger partial charge in [-0.1, -0.05) is 24.3 Å². The van der Waals surface area contributed by atoms with Crippen LogP contribution in [0, 0.1) is 11.6 Å². The number of halogens is 2. The molecule has 2 aromatic rings. The molecule has 0 bridgehead atoms. The Labute approximate surface area is 154 Å². The van der Waals surface area contributed by atoms with E-state index in [4.69, 9.17) is 4.74 Å². The zero-order valence-corrected chi connectivity index (χ0v) is 14.5. The summed E-state index contributed by atoms with van der Waals surface area (Å²) < 4.78 is 31.2. The third-order valence-corrected chi connectivity index (χ3v) is 3.57. The predicted octanol–water partition coefficient (Wildman–Crippen LogP) is 1.94. The largest absolute Gasteiger partial charge is 0.451 e. The number of rotatable bonds is 7. The first-order valence-corrected chi connectivity index (χ1v) is 8.11. The number of hydrogen-bond acceptors (Lipinski definition) is 4. The SMILES string of the molecule is CC(OC(=O)CNC(=O)c1ccccc1F)C(=O)NCc1ccc(F)cc1. The van der Waals surface area contributed by atoms with E-state index in [-0.39, 0.29) is 17.9 Å².